The lowest BCUT2D eigenvalue weighted by atomic mass is 10.0. The SMILES string of the molecule is Cc1ccc(C(=O)NC(CN)CC(C)C)cc1S(=O)(=O)N1CCCCC1. The van der Waals surface area contributed by atoms with Crippen molar-refractivity contribution in [2.75, 3.05) is 19.6 Å². The predicted molar refractivity (Wildman–Crippen MR) is 104 cm³/mol. The fourth-order valence-electron chi connectivity index (χ4n) is 3.32. The number of nitrogens with one attached hydrogen (secondary N) is 1. The van der Waals surface area contributed by atoms with Crippen LogP contribution in [0, 0.1) is 12.8 Å². The summed E-state index contributed by atoms with van der Waals surface area (Å²) >= 11 is 0. The van der Waals surface area contributed by atoms with Gasteiger partial charge in [-0.05, 0) is 49.8 Å². The summed E-state index contributed by atoms with van der Waals surface area (Å²) < 4.78 is 27.5. The van der Waals surface area contributed by atoms with Crippen LogP contribution in [0.1, 0.15) is 55.5 Å². The smallest absolute Gasteiger partial charge is 0.251 e. The Hall–Kier alpha value is -1.44. The quantitative estimate of drug-likeness (QED) is 0.758. The van der Waals surface area contributed by atoms with E-state index in [1.54, 1.807) is 19.1 Å². The van der Waals surface area contributed by atoms with E-state index in [0.29, 0.717) is 36.7 Å². The molecule has 7 heteroatoms. The first-order valence-electron chi connectivity index (χ1n) is 9.37. The minimum Gasteiger partial charge on any atom is -0.348 e. The third-order valence-corrected chi connectivity index (χ3v) is 6.80. The lowest BCUT2D eigenvalue weighted by molar-refractivity contribution is 0.0933. The van der Waals surface area contributed by atoms with Gasteiger partial charge in [-0.1, -0.05) is 26.3 Å². The van der Waals surface area contributed by atoms with E-state index < -0.39 is 10.0 Å². The summed E-state index contributed by atoms with van der Waals surface area (Å²) in [6.45, 7) is 7.35. The van der Waals surface area contributed by atoms with Crippen molar-refractivity contribution < 1.29 is 13.2 Å². The summed E-state index contributed by atoms with van der Waals surface area (Å²) in [7, 11) is -3.57. The molecule has 0 bridgehead atoms. The highest BCUT2D eigenvalue weighted by atomic mass is 32.2. The average molecular weight is 382 g/mol. The maximum atomic E-state index is 13.0. The molecule has 1 aromatic carbocycles. The normalized spacial score (nSPS) is 17.3. The maximum Gasteiger partial charge on any atom is 0.251 e. The van der Waals surface area contributed by atoms with Gasteiger partial charge in [-0.2, -0.15) is 4.31 Å². The highest BCUT2D eigenvalue weighted by Crippen LogP contribution is 2.24. The standard InChI is InChI=1S/C19H31N3O3S/c1-14(2)11-17(13-20)21-19(23)16-8-7-15(3)18(12-16)26(24,25)22-9-5-4-6-10-22/h7-8,12,14,17H,4-6,9-11,13,20H2,1-3H3,(H,21,23). The Morgan fingerprint density at radius 3 is 2.46 bits per heavy atom. The molecule has 1 heterocycles. The Labute approximate surface area is 157 Å². The predicted octanol–water partition coefficient (Wildman–Crippen LogP) is 2.27. The van der Waals surface area contributed by atoms with Gasteiger partial charge < -0.3 is 11.1 Å². The van der Waals surface area contributed by atoms with Gasteiger partial charge in [-0.3, -0.25) is 4.79 Å². The molecule has 1 atom stereocenters. The molecule has 1 saturated heterocycles. The van der Waals surface area contributed by atoms with E-state index in [9.17, 15) is 13.2 Å². The van der Waals surface area contributed by atoms with Gasteiger partial charge in [0.25, 0.3) is 5.91 Å². The zero-order chi connectivity index (χ0) is 19.3. The number of hydrogen-bond acceptors (Lipinski definition) is 4. The number of carbonyl (C=O) groups is 1. The molecular formula is C19H31N3O3S. The third kappa shape index (κ3) is 5.05. The van der Waals surface area contributed by atoms with Crippen LogP contribution >= 0.6 is 0 Å². The summed E-state index contributed by atoms with van der Waals surface area (Å²) in [5.41, 5.74) is 6.76. The van der Waals surface area contributed by atoms with E-state index in [1.807, 2.05) is 0 Å². The van der Waals surface area contributed by atoms with Crippen LogP contribution in [-0.4, -0.2) is 44.3 Å². The molecule has 26 heavy (non-hydrogen) atoms. The Morgan fingerprint density at radius 2 is 1.88 bits per heavy atom. The molecule has 3 N–H and O–H groups in total. The second-order valence-electron chi connectivity index (χ2n) is 7.48. The number of amides is 1. The van der Waals surface area contributed by atoms with E-state index in [4.69, 9.17) is 5.73 Å². The average Bonchev–Trinajstić information content (AvgIpc) is 2.61. The van der Waals surface area contributed by atoms with Crippen molar-refractivity contribution in [1.29, 1.82) is 0 Å². The number of sulfonamides is 1. The van der Waals surface area contributed by atoms with E-state index in [-0.39, 0.29) is 16.8 Å². The van der Waals surface area contributed by atoms with Crippen LogP contribution in [0.3, 0.4) is 0 Å². The molecular weight excluding hydrogens is 350 g/mol. The van der Waals surface area contributed by atoms with E-state index in [0.717, 1.165) is 25.7 Å². The van der Waals surface area contributed by atoms with Crippen molar-refractivity contribution >= 4 is 15.9 Å². The Bertz CT molecular complexity index is 726. The van der Waals surface area contributed by atoms with Gasteiger partial charge in [0.05, 0.1) is 4.90 Å². The van der Waals surface area contributed by atoms with Crippen LogP contribution in [0.5, 0.6) is 0 Å². The first kappa shape index (κ1) is 20.9. The molecule has 2 rings (SSSR count). The Morgan fingerprint density at radius 1 is 1.23 bits per heavy atom. The monoisotopic (exact) mass is 381 g/mol. The largest absolute Gasteiger partial charge is 0.348 e. The zero-order valence-electron chi connectivity index (χ0n) is 16.0. The lowest BCUT2D eigenvalue weighted by Gasteiger charge is -2.26. The van der Waals surface area contributed by atoms with E-state index in [1.165, 1.54) is 10.4 Å². The Balaban J connectivity index is 2.24. The molecule has 146 valence electrons. The molecule has 0 radical (unpaired) electrons. The second-order valence-corrected chi connectivity index (χ2v) is 9.39. The van der Waals surface area contributed by atoms with Crippen molar-refractivity contribution in [3.05, 3.63) is 29.3 Å². The number of aryl methyl sites for hydroxylation is 1. The molecule has 1 aliphatic rings. The van der Waals surface area contributed by atoms with Gasteiger partial charge in [0.2, 0.25) is 10.0 Å². The zero-order valence-corrected chi connectivity index (χ0v) is 16.8. The van der Waals surface area contributed by atoms with Crippen LogP contribution in [-0.2, 0) is 10.0 Å². The summed E-state index contributed by atoms with van der Waals surface area (Å²) in [4.78, 5) is 12.8. The van der Waals surface area contributed by atoms with Crippen molar-refractivity contribution in [3.63, 3.8) is 0 Å². The molecule has 1 aliphatic heterocycles. The molecule has 0 saturated carbocycles. The third-order valence-electron chi connectivity index (χ3n) is 4.76. The van der Waals surface area contributed by atoms with Crippen molar-refractivity contribution in [2.45, 2.75) is 57.4 Å². The fraction of sp³-hybridized carbons (Fsp3) is 0.632. The highest BCUT2D eigenvalue weighted by molar-refractivity contribution is 7.89. The maximum absolute atomic E-state index is 13.0. The second kappa shape index (κ2) is 8.97. The van der Waals surface area contributed by atoms with Crippen LogP contribution in [0.2, 0.25) is 0 Å². The van der Waals surface area contributed by atoms with Crippen molar-refractivity contribution in [3.8, 4) is 0 Å². The molecule has 1 amide bonds. The minimum atomic E-state index is -3.57. The number of nitrogens with two attached hydrogens (primary N) is 1. The lowest BCUT2D eigenvalue weighted by Crippen LogP contribution is -2.41. The molecule has 1 aromatic rings. The van der Waals surface area contributed by atoms with Gasteiger partial charge in [0.1, 0.15) is 0 Å². The van der Waals surface area contributed by atoms with Crippen LogP contribution in [0.15, 0.2) is 23.1 Å². The number of carbonyl (C=O) groups excluding carboxylic acids is 1. The molecule has 1 unspecified atom stereocenters. The number of piperidine rings is 1. The Kier molecular flexibility index (Phi) is 7.20. The number of hydrogen-bond donors (Lipinski definition) is 2. The summed E-state index contributed by atoms with van der Waals surface area (Å²) in [5.74, 6) is 0.133. The van der Waals surface area contributed by atoms with Crippen LogP contribution in [0.25, 0.3) is 0 Å². The van der Waals surface area contributed by atoms with Gasteiger partial charge in [0, 0.05) is 31.2 Å². The first-order valence-corrected chi connectivity index (χ1v) is 10.8. The van der Waals surface area contributed by atoms with Crippen LogP contribution in [0.4, 0.5) is 0 Å². The molecule has 0 aliphatic carbocycles. The van der Waals surface area contributed by atoms with Crippen molar-refractivity contribution in [2.24, 2.45) is 11.7 Å². The van der Waals surface area contributed by atoms with Gasteiger partial charge >= 0.3 is 0 Å². The first-order chi connectivity index (χ1) is 12.3. The number of benzene rings is 1. The van der Waals surface area contributed by atoms with E-state index in [2.05, 4.69) is 19.2 Å². The molecule has 0 aromatic heterocycles. The van der Waals surface area contributed by atoms with E-state index >= 15 is 0 Å². The summed E-state index contributed by atoms with van der Waals surface area (Å²) in [6.07, 6.45) is 3.61. The topological polar surface area (TPSA) is 92.5 Å². The van der Waals surface area contributed by atoms with Crippen molar-refractivity contribution in [1.82, 2.24) is 9.62 Å². The minimum absolute atomic E-state index is 0.119. The molecule has 0 spiro atoms. The summed E-state index contributed by atoms with van der Waals surface area (Å²) in [5, 5.41) is 2.92. The van der Waals surface area contributed by atoms with Crippen LogP contribution < -0.4 is 11.1 Å². The fourth-order valence-corrected chi connectivity index (χ4v) is 5.08. The molecule has 6 nitrogen and oxygen atoms in total. The van der Waals surface area contributed by atoms with Gasteiger partial charge in [-0.15, -0.1) is 0 Å². The molecule has 1 fully saturated rings. The number of nitrogens with zero attached hydrogens (tertiary/aromatic N) is 1. The van der Waals surface area contributed by atoms with Gasteiger partial charge in [0.15, 0.2) is 0 Å². The van der Waals surface area contributed by atoms with Gasteiger partial charge in [-0.25, -0.2) is 8.42 Å². The number of rotatable bonds is 7. The summed E-state index contributed by atoms with van der Waals surface area (Å²) in [6, 6.07) is 4.75. The highest BCUT2D eigenvalue weighted by Gasteiger charge is 2.28.